The lowest BCUT2D eigenvalue weighted by atomic mass is 9.72. The van der Waals surface area contributed by atoms with Gasteiger partial charge in [0.1, 0.15) is 11.9 Å². The molecule has 11 nitrogen and oxygen atoms in total. The van der Waals surface area contributed by atoms with Crippen molar-refractivity contribution in [3.05, 3.63) is 11.6 Å². The van der Waals surface area contributed by atoms with Crippen molar-refractivity contribution in [1.82, 2.24) is 25.4 Å². The van der Waals surface area contributed by atoms with Gasteiger partial charge in [0, 0.05) is 43.2 Å². The molecule has 43 heavy (non-hydrogen) atoms. The molecule has 3 aliphatic carbocycles. The standard InChI is InChI=1S/C31H49ClN6O5/c1-18-36-37-30-24(17-27(40)33-14-3-4-15-34-31(42)22-6-5-7-26(39)29(22)41)35-28(19-8-10-20(32)11-9-19)23-16-21(43-2)12-13-25(23)38(18)30/h19-26,29,39,41H,3-17H2,1-2H3,(H,33,40)(H,34,42)/t19?,20?,21?,22?,23?,24-,25?,26?,29?/m0/s1. The number of amides is 2. The number of aliphatic hydroxyl groups excluding tert-OH is 2. The summed E-state index contributed by atoms with van der Waals surface area (Å²) >= 11 is 6.48. The number of carbonyl (C=O) groups is 2. The number of rotatable bonds is 10. The Balaban J connectivity index is 1.19. The molecule has 7 atom stereocenters. The molecule has 5 rings (SSSR count). The average Bonchev–Trinajstić information content (AvgIpc) is 3.33. The van der Waals surface area contributed by atoms with Crippen LogP contribution in [0.4, 0.5) is 0 Å². The molecule has 0 aromatic carbocycles. The van der Waals surface area contributed by atoms with Crippen molar-refractivity contribution < 1.29 is 24.5 Å². The minimum absolute atomic E-state index is 0.0761. The van der Waals surface area contributed by atoms with Gasteiger partial charge in [0.15, 0.2) is 5.82 Å². The first-order valence-corrected chi connectivity index (χ1v) is 16.8. The summed E-state index contributed by atoms with van der Waals surface area (Å²) in [6, 6.07) is -0.182. The SMILES string of the molecule is COC1CCC2C(C1)C(C1CCC(Cl)CC1)=N[C@@H](CC(=O)NCCCCNC(=O)C1CCCC(O)C1O)c1nnc(C)n12. The normalized spacial score (nSPS) is 34.3. The molecule has 3 fully saturated rings. The Morgan fingerprint density at radius 1 is 1.00 bits per heavy atom. The maximum Gasteiger partial charge on any atom is 0.225 e. The van der Waals surface area contributed by atoms with Crippen LogP contribution in [0.1, 0.15) is 107 Å². The fourth-order valence-electron chi connectivity index (χ4n) is 7.72. The van der Waals surface area contributed by atoms with Crippen molar-refractivity contribution in [2.24, 2.45) is 22.7 Å². The molecular weight excluding hydrogens is 572 g/mol. The molecule has 1 aromatic rings. The van der Waals surface area contributed by atoms with Crippen molar-refractivity contribution in [3.8, 4) is 0 Å². The second-order valence-electron chi connectivity index (χ2n) is 13.0. The fraction of sp³-hybridized carbons (Fsp3) is 0.839. The van der Waals surface area contributed by atoms with Gasteiger partial charge >= 0.3 is 0 Å². The van der Waals surface area contributed by atoms with Crippen LogP contribution in [-0.4, -0.2) is 86.4 Å². The molecule has 4 N–H and O–H groups in total. The summed E-state index contributed by atoms with van der Waals surface area (Å²) in [7, 11) is 1.79. The number of fused-ring (bicyclic) bond motifs is 3. The molecule has 1 aromatic heterocycles. The lowest BCUT2D eigenvalue weighted by molar-refractivity contribution is -0.135. The minimum atomic E-state index is -1.00. The number of aryl methyl sites for hydroxylation is 1. The van der Waals surface area contributed by atoms with Gasteiger partial charge in [-0.1, -0.05) is 0 Å². The van der Waals surface area contributed by atoms with Gasteiger partial charge in [-0.05, 0) is 89.9 Å². The summed E-state index contributed by atoms with van der Waals surface area (Å²) in [5.74, 6) is 1.37. The zero-order valence-corrected chi connectivity index (χ0v) is 26.3. The van der Waals surface area contributed by atoms with Crippen molar-refractivity contribution in [3.63, 3.8) is 0 Å². The Labute approximate surface area is 259 Å². The highest BCUT2D eigenvalue weighted by Crippen LogP contribution is 2.45. The van der Waals surface area contributed by atoms with E-state index in [1.165, 1.54) is 5.71 Å². The van der Waals surface area contributed by atoms with Crippen LogP contribution in [-0.2, 0) is 14.3 Å². The number of aromatic nitrogens is 3. The van der Waals surface area contributed by atoms with Crippen LogP contribution in [0.15, 0.2) is 4.99 Å². The van der Waals surface area contributed by atoms with Crippen LogP contribution in [0.2, 0.25) is 0 Å². The van der Waals surface area contributed by atoms with Crippen molar-refractivity contribution in [1.29, 1.82) is 0 Å². The van der Waals surface area contributed by atoms with E-state index in [2.05, 4.69) is 25.4 Å². The van der Waals surface area contributed by atoms with Gasteiger partial charge in [0.2, 0.25) is 11.8 Å². The number of aliphatic imine (C=N–C) groups is 1. The molecule has 2 heterocycles. The molecule has 6 unspecified atom stereocenters. The minimum Gasteiger partial charge on any atom is -0.390 e. The molecular formula is C31H49ClN6O5. The quantitative estimate of drug-likeness (QED) is 0.232. The van der Waals surface area contributed by atoms with E-state index in [9.17, 15) is 19.8 Å². The van der Waals surface area contributed by atoms with E-state index < -0.39 is 24.2 Å². The highest BCUT2D eigenvalue weighted by Gasteiger charge is 2.43. The topological polar surface area (TPSA) is 151 Å². The first-order valence-electron chi connectivity index (χ1n) is 16.3. The van der Waals surface area contributed by atoms with Crippen LogP contribution in [0, 0.1) is 24.7 Å². The van der Waals surface area contributed by atoms with Gasteiger partial charge in [0.25, 0.3) is 0 Å². The number of hydrogen-bond acceptors (Lipinski definition) is 8. The van der Waals surface area contributed by atoms with Crippen molar-refractivity contribution in [2.45, 2.75) is 126 Å². The van der Waals surface area contributed by atoms with E-state index >= 15 is 0 Å². The third kappa shape index (κ3) is 7.60. The Bertz CT molecular complexity index is 1140. The maximum atomic E-state index is 13.2. The van der Waals surface area contributed by atoms with Gasteiger partial charge in [0.05, 0.1) is 30.7 Å². The van der Waals surface area contributed by atoms with Crippen LogP contribution in [0.5, 0.6) is 0 Å². The van der Waals surface area contributed by atoms with E-state index in [1.54, 1.807) is 7.11 Å². The Kier molecular flexibility index (Phi) is 11.1. The van der Waals surface area contributed by atoms with Crippen LogP contribution >= 0.6 is 11.6 Å². The van der Waals surface area contributed by atoms with Crippen LogP contribution < -0.4 is 10.6 Å². The molecule has 0 radical (unpaired) electrons. The predicted molar refractivity (Wildman–Crippen MR) is 163 cm³/mol. The molecule has 240 valence electrons. The molecule has 0 saturated heterocycles. The number of nitrogens with one attached hydrogen (secondary N) is 2. The Morgan fingerprint density at radius 3 is 2.49 bits per heavy atom. The fourth-order valence-corrected chi connectivity index (χ4v) is 7.97. The number of unbranched alkanes of at least 4 members (excludes halogenated alkanes) is 1. The maximum absolute atomic E-state index is 13.2. The zero-order valence-electron chi connectivity index (χ0n) is 25.6. The van der Waals surface area contributed by atoms with E-state index in [0.29, 0.717) is 44.7 Å². The summed E-state index contributed by atoms with van der Waals surface area (Å²) in [5, 5.41) is 35.1. The van der Waals surface area contributed by atoms with E-state index in [4.69, 9.17) is 21.3 Å². The van der Waals surface area contributed by atoms with Crippen molar-refractivity contribution in [2.75, 3.05) is 20.2 Å². The van der Waals surface area contributed by atoms with Gasteiger partial charge in [-0.3, -0.25) is 14.6 Å². The summed E-state index contributed by atoms with van der Waals surface area (Å²) in [4.78, 5) is 31.0. The Morgan fingerprint density at radius 2 is 1.74 bits per heavy atom. The molecule has 4 aliphatic rings. The monoisotopic (exact) mass is 620 g/mol. The number of methoxy groups -OCH3 is 1. The number of carbonyl (C=O) groups excluding carboxylic acids is 2. The van der Waals surface area contributed by atoms with E-state index in [0.717, 1.165) is 63.0 Å². The second-order valence-corrected chi connectivity index (χ2v) is 13.6. The number of aliphatic hydroxyl groups is 2. The predicted octanol–water partition coefficient (Wildman–Crippen LogP) is 3.16. The van der Waals surface area contributed by atoms with Crippen LogP contribution in [0.3, 0.4) is 0 Å². The van der Waals surface area contributed by atoms with E-state index in [1.807, 2.05) is 6.92 Å². The summed E-state index contributed by atoms with van der Waals surface area (Å²) in [6.07, 6.45) is 8.67. The third-order valence-electron chi connectivity index (χ3n) is 10.1. The number of halogens is 1. The largest absolute Gasteiger partial charge is 0.390 e. The van der Waals surface area contributed by atoms with Crippen LogP contribution in [0.25, 0.3) is 0 Å². The molecule has 2 amide bonds. The number of ether oxygens (including phenoxy) is 1. The average molecular weight is 621 g/mol. The lowest BCUT2D eigenvalue weighted by Gasteiger charge is -2.39. The lowest BCUT2D eigenvalue weighted by Crippen LogP contribution is -2.45. The van der Waals surface area contributed by atoms with Gasteiger partial charge in [-0.2, -0.15) is 0 Å². The summed E-state index contributed by atoms with van der Waals surface area (Å²) in [6.45, 7) is 2.95. The number of hydrogen-bond donors (Lipinski definition) is 4. The first-order chi connectivity index (χ1) is 20.8. The zero-order chi connectivity index (χ0) is 30.5. The highest BCUT2D eigenvalue weighted by atomic mass is 35.5. The molecule has 3 saturated carbocycles. The Hall–Kier alpha value is -2.08. The molecule has 0 spiro atoms. The van der Waals surface area contributed by atoms with Crippen molar-refractivity contribution >= 4 is 29.1 Å². The van der Waals surface area contributed by atoms with Gasteiger partial charge in [-0.25, -0.2) is 0 Å². The summed E-state index contributed by atoms with van der Waals surface area (Å²) in [5.41, 5.74) is 1.21. The smallest absolute Gasteiger partial charge is 0.225 e. The first kappa shape index (κ1) is 32.3. The third-order valence-corrected chi connectivity index (χ3v) is 10.6. The number of nitrogens with zero attached hydrogens (tertiary/aromatic N) is 4. The molecule has 1 aliphatic heterocycles. The van der Waals surface area contributed by atoms with E-state index in [-0.39, 0.29) is 41.7 Å². The van der Waals surface area contributed by atoms with Gasteiger partial charge in [-0.15, -0.1) is 21.8 Å². The molecule has 12 heteroatoms. The number of alkyl halides is 1. The summed E-state index contributed by atoms with van der Waals surface area (Å²) < 4.78 is 8.08. The van der Waals surface area contributed by atoms with Gasteiger partial charge < -0.3 is 30.2 Å². The molecule has 0 bridgehead atoms. The highest BCUT2D eigenvalue weighted by molar-refractivity contribution is 6.20. The second kappa shape index (κ2) is 14.8.